The van der Waals surface area contributed by atoms with E-state index in [2.05, 4.69) is 11.9 Å². The lowest BCUT2D eigenvalue weighted by molar-refractivity contribution is -0.950. The summed E-state index contributed by atoms with van der Waals surface area (Å²) in [6, 6.07) is 8.22. The number of hydrogen-bond donors (Lipinski definition) is 1. The molecule has 4 heterocycles. The number of methoxy groups -OCH3 is 1. The summed E-state index contributed by atoms with van der Waals surface area (Å²) < 4.78 is 11.4. The first-order valence-electron chi connectivity index (χ1n) is 10.0. The summed E-state index contributed by atoms with van der Waals surface area (Å²) in [7, 11) is 1.67. The Kier molecular flexibility index (Phi) is 5.04. The van der Waals surface area contributed by atoms with Crippen molar-refractivity contribution in [3.8, 4) is 5.75 Å². The van der Waals surface area contributed by atoms with Gasteiger partial charge in [-0.25, -0.2) is 0 Å². The van der Waals surface area contributed by atoms with Crippen molar-refractivity contribution >= 4 is 16.9 Å². The van der Waals surface area contributed by atoms with Gasteiger partial charge in [-0.3, -0.25) is 9.78 Å². The normalized spacial score (nSPS) is 28.1. The van der Waals surface area contributed by atoms with Crippen LogP contribution < -0.4 is 9.64 Å². The number of carbonyl (C=O) groups excluding carboxylic acids is 1. The molecule has 3 saturated heterocycles. The number of aromatic nitrogens is 1. The van der Waals surface area contributed by atoms with Crippen molar-refractivity contribution < 1.29 is 19.2 Å². The Hall–Kier alpha value is -2.14. The lowest BCUT2D eigenvalue weighted by Crippen LogP contribution is -3.20. The Bertz CT molecular complexity index is 837. The number of esters is 1. The van der Waals surface area contributed by atoms with E-state index in [1.807, 2.05) is 30.5 Å². The summed E-state index contributed by atoms with van der Waals surface area (Å²) in [4.78, 5) is 18.1. The fraction of sp³-hybridized carbons (Fsp3) is 0.545. The molecule has 2 aromatic rings. The first kappa shape index (κ1) is 18.2. The van der Waals surface area contributed by atoms with E-state index in [1.54, 1.807) is 12.0 Å². The van der Waals surface area contributed by atoms with Gasteiger partial charge in [0.15, 0.2) is 6.10 Å². The summed E-state index contributed by atoms with van der Waals surface area (Å²) in [6.45, 7) is 6.18. The van der Waals surface area contributed by atoms with Gasteiger partial charge in [0.05, 0.1) is 25.7 Å². The highest BCUT2D eigenvalue weighted by Crippen LogP contribution is 2.37. The van der Waals surface area contributed by atoms with Gasteiger partial charge in [0.25, 0.3) is 0 Å². The minimum absolute atomic E-state index is 0.220. The summed E-state index contributed by atoms with van der Waals surface area (Å²) in [5, 5.41) is 1.01. The van der Waals surface area contributed by atoms with E-state index in [0.29, 0.717) is 6.04 Å². The number of nitrogens with zero attached hydrogens (tertiary/aromatic N) is 1. The van der Waals surface area contributed by atoms with Gasteiger partial charge in [-0.2, -0.15) is 0 Å². The SMILES string of the molecule is CC[C@H]1C[NH+]2CC[C@@H]1C[C@@H]2[C@@H](OC(C)=O)c1ccnc2ccc(OC)cc12. The van der Waals surface area contributed by atoms with E-state index in [1.165, 1.54) is 32.9 Å². The molecular formula is C22H29N2O3+. The predicted octanol–water partition coefficient (Wildman–Crippen LogP) is 2.55. The van der Waals surface area contributed by atoms with Gasteiger partial charge < -0.3 is 14.4 Å². The van der Waals surface area contributed by atoms with E-state index >= 15 is 0 Å². The molecule has 5 nitrogen and oxygen atoms in total. The van der Waals surface area contributed by atoms with E-state index in [0.717, 1.165) is 40.5 Å². The van der Waals surface area contributed by atoms with Crippen molar-refractivity contribution in [2.24, 2.45) is 11.8 Å². The van der Waals surface area contributed by atoms with Gasteiger partial charge in [-0.05, 0) is 36.6 Å². The molecule has 0 radical (unpaired) electrons. The number of hydrogen-bond acceptors (Lipinski definition) is 4. The number of ether oxygens (including phenoxy) is 2. The molecule has 1 unspecified atom stereocenters. The highest BCUT2D eigenvalue weighted by Gasteiger charge is 2.47. The van der Waals surface area contributed by atoms with Crippen LogP contribution in [0.25, 0.3) is 10.9 Å². The predicted molar refractivity (Wildman–Crippen MR) is 104 cm³/mol. The van der Waals surface area contributed by atoms with Crippen molar-refractivity contribution in [2.75, 3.05) is 20.2 Å². The van der Waals surface area contributed by atoms with E-state index in [4.69, 9.17) is 9.47 Å². The second-order valence-electron chi connectivity index (χ2n) is 7.98. The minimum Gasteiger partial charge on any atom is -0.497 e. The topological polar surface area (TPSA) is 52.9 Å². The third-order valence-corrected chi connectivity index (χ3v) is 6.58. The Morgan fingerprint density at radius 3 is 2.89 bits per heavy atom. The van der Waals surface area contributed by atoms with Crippen molar-refractivity contribution in [2.45, 2.75) is 45.3 Å². The maximum absolute atomic E-state index is 12.0. The molecule has 1 aromatic carbocycles. The van der Waals surface area contributed by atoms with Crippen molar-refractivity contribution in [1.82, 2.24) is 4.98 Å². The van der Waals surface area contributed by atoms with Crippen LogP contribution in [0.3, 0.4) is 0 Å². The number of carbonyl (C=O) groups is 1. The Balaban J connectivity index is 1.75. The number of benzene rings is 1. The molecule has 0 amide bonds. The number of quaternary nitrogens is 1. The van der Waals surface area contributed by atoms with Crippen LogP contribution in [0.15, 0.2) is 30.5 Å². The van der Waals surface area contributed by atoms with Crippen LogP contribution in [0.2, 0.25) is 0 Å². The minimum atomic E-state index is -0.240. The molecule has 144 valence electrons. The van der Waals surface area contributed by atoms with Crippen LogP contribution in [-0.4, -0.2) is 37.2 Å². The molecule has 5 atom stereocenters. The second-order valence-corrected chi connectivity index (χ2v) is 7.98. The van der Waals surface area contributed by atoms with Crippen molar-refractivity contribution in [3.63, 3.8) is 0 Å². The van der Waals surface area contributed by atoms with Gasteiger partial charge in [0.1, 0.15) is 11.8 Å². The molecule has 5 rings (SSSR count). The Morgan fingerprint density at radius 2 is 2.22 bits per heavy atom. The summed E-state index contributed by atoms with van der Waals surface area (Å²) in [6.07, 6.45) is 5.24. The van der Waals surface area contributed by atoms with Crippen LogP contribution in [0, 0.1) is 11.8 Å². The average molecular weight is 369 g/mol. The van der Waals surface area contributed by atoms with E-state index in [9.17, 15) is 4.79 Å². The van der Waals surface area contributed by atoms with Crippen LogP contribution in [0.1, 0.15) is 44.8 Å². The third kappa shape index (κ3) is 3.41. The average Bonchev–Trinajstić information content (AvgIpc) is 2.71. The molecule has 1 N–H and O–H groups in total. The maximum atomic E-state index is 12.0. The van der Waals surface area contributed by atoms with Gasteiger partial charge in [0, 0.05) is 42.8 Å². The highest BCUT2D eigenvalue weighted by molar-refractivity contribution is 5.84. The summed E-state index contributed by atoms with van der Waals surface area (Å²) >= 11 is 0. The summed E-state index contributed by atoms with van der Waals surface area (Å²) in [5.74, 6) is 2.12. The van der Waals surface area contributed by atoms with Gasteiger partial charge >= 0.3 is 5.97 Å². The van der Waals surface area contributed by atoms with E-state index in [-0.39, 0.29) is 12.1 Å². The van der Waals surface area contributed by atoms with Gasteiger partial charge in [-0.1, -0.05) is 6.92 Å². The molecule has 27 heavy (non-hydrogen) atoms. The number of piperidine rings is 3. The molecule has 0 aliphatic carbocycles. The smallest absolute Gasteiger partial charge is 0.303 e. The highest BCUT2D eigenvalue weighted by atomic mass is 16.5. The maximum Gasteiger partial charge on any atom is 0.303 e. The zero-order valence-electron chi connectivity index (χ0n) is 16.4. The quantitative estimate of drug-likeness (QED) is 0.823. The van der Waals surface area contributed by atoms with Crippen LogP contribution >= 0.6 is 0 Å². The first-order chi connectivity index (χ1) is 13.1. The number of pyridine rings is 1. The molecule has 1 aromatic heterocycles. The molecule has 3 aliphatic rings. The molecule has 0 saturated carbocycles. The van der Waals surface area contributed by atoms with Crippen LogP contribution in [0.4, 0.5) is 0 Å². The number of fused-ring (bicyclic) bond motifs is 4. The van der Waals surface area contributed by atoms with Crippen molar-refractivity contribution in [3.05, 3.63) is 36.0 Å². The lowest BCUT2D eigenvalue weighted by atomic mass is 9.72. The van der Waals surface area contributed by atoms with Crippen LogP contribution in [-0.2, 0) is 9.53 Å². The molecule has 3 fully saturated rings. The summed E-state index contributed by atoms with van der Waals surface area (Å²) in [5.41, 5.74) is 1.95. The van der Waals surface area contributed by atoms with Gasteiger partial charge in [0.2, 0.25) is 0 Å². The Labute approximate surface area is 160 Å². The Morgan fingerprint density at radius 1 is 1.37 bits per heavy atom. The molecular weight excluding hydrogens is 340 g/mol. The molecule has 2 bridgehead atoms. The van der Waals surface area contributed by atoms with Crippen molar-refractivity contribution in [1.29, 1.82) is 0 Å². The fourth-order valence-electron chi connectivity index (χ4n) is 5.23. The van der Waals surface area contributed by atoms with E-state index < -0.39 is 0 Å². The molecule has 3 aliphatic heterocycles. The monoisotopic (exact) mass is 369 g/mol. The lowest BCUT2D eigenvalue weighted by Gasteiger charge is -2.48. The number of rotatable bonds is 5. The zero-order valence-corrected chi connectivity index (χ0v) is 16.4. The standard InChI is InChI=1S/C22H28N2O3/c1-4-15-13-24-10-8-16(15)11-21(24)22(27-14(2)25)18-7-9-23-20-6-5-17(26-3)12-19(18)20/h5-7,9,12,15-16,21-22H,4,8,10-11,13H2,1-3H3/p+1/t15-,16+,21+,22-/m0/s1. The largest absolute Gasteiger partial charge is 0.497 e. The molecule has 0 spiro atoms. The number of nitrogens with one attached hydrogen (secondary N) is 1. The second kappa shape index (κ2) is 7.47. The first-order valence-corrected chi connectivity index (χ1v) is 10.0. The molecule has 5 heteroatoms. The third-order valence-electron chi connectivity index (χ3n) is 6.58. The van der Waals surface area contributed by atoms with Gasteiger partial charge in [-0.15, -0.1) is 0 Å². The zero-order chi connectivity index (χ0) is 19.0. The fourth-order valence-corrected chi connectivity index (χ4v) is 5.23. The van der Waals surface area contributed by atoms with Crippen LogP contribution in [0.5, 0.6) is 5.75 Å².